The van der Waals surface area contributed by atoms with Crippen LogP contribution in [0.15, 0.2) is 12.5 Å². The molecule has 31 heavy (non-hydrogen) atoms. The largest absolute Gasteiger partial charge is 0.480 e. The van der Waals surface area contributed by atoms with Crippen LogP contribution in [-0.2, 0) is 30.4 Å². The van der Waals surface area contributed by atoms with Gasteiger partial charge >= 0.3 is 5.97 Å². The predicted molar refractivity (Wildman–Crippen MR) is 108 cm³/mol. The Morgan fingerprint density at radius 3 is 2.13 bits per heavy atom. The Morgan fingerprint density at radius 1 is 1.06 bits per heavy atom. The number of aromatic amines is 1. The van der Waals surface area contributed by atoms with E-state index in [9.17, 15) is 34.2 Å². The first-order valence-corrected chi connectivity index (χ1v) is 9.59. The van der Waals surface area contributed by atoms with Crippen LogP contribution in [-0.4, -0.2) is 86.3 Å². The maximum atomic E-state index is 12.4. The van der Waals surface area contributed by atoms with Crippen molar-refractivity contribution in [1.29, 1.82) is 0 Å². The van der Waals surface area contributed by atoms with Crippen molar-refractivity contribution in [2.75, 3.05) is 12.4 Å². The van der Waals surface area contributed by atoms with Gasteiger partial charge in [-0.3, -0.25) is 19.2 Å². The highest BCUT2D eigenvalue weighted by molar-refractivity contribution is 7.80. The number of rotatable bonds is 13. The zero-order valence-electron chi connectivity index (χ0n) is 16.3. The van der Waals surface area contributed by atoms with E-state index in [-0.39, 0.29) is 12.2 Å². The number of aliphatic hydroxyl groups is 1. The number of carboxylic acid groups (broad SMARTS) is 1. The number of aliphatic hydroxyl groups excluding tert-OH is 1. The maximum absolute atomic E-state index is 12.4. The molecule has 14 nitrogen and oxygen atoms in total. The molecule has 0 aliphatic carbocycles. The monoisotopic (exact) mass is 459 g/mol. The molecule has 1 heterocycles. The summed E-state index contributed by atoms with van der Waals surface area (Å²) < 4.78 is 0. The lowest BCUT2D eigenvalue weighted by molar-refractivity contribution is -0.142. The van der Waals surface area contributed by atoms with E-state index in [2.05, 4.69) is 38.5 Å². The highest BCUT2D eigenvalue weighted by atomic mass is 32.1. The van der Waals surface area contributed by atoms with Crippen LogP contribution in [0.5, 0.6) is 0 Å². The van der Waals surface area contributed by atoms with Crippen molar-refractivity contribution in [3.63, 3.8) is 0 Å². The fraction of sp³-hybridized carbons (Fsp3) is 0.500. The summed E-state index contributed by atoms with van der Waals surface area (Å²) in [5.41, 5.74) is 10.9. The van der Waals surface area contributed by atoms with Gasteiger partial charge in [-0.05, 0) is 0 Å². The highest BCUT2D eigenvalue weighted by Gasteiger charge is 2.30. The van der Waals surface area contributed by atoms with Crippen LogP contribution < -0.4 is 27.4 Å². The van der Waals surface area contributed by atoms with E-state index < -0.39 is 66.8 Å². The standard InChI is InChI=1S/C16H25N7O7S/c17-8(2-12(18)25)13(26)23-11(5-31)15(28)22-10(4-24)14(27)21-9(16(29)30)1-7-3-19-6-20-7/h3,6,8-11,24,31H,1-2,4-5,17H2,(H2,18,25)(H,19,20)(H,21,27)(H,22,28)(H,23,26)(H,29,30). The van der Waals surface area contributed by atoms with Crippen molar-refractivity contribution in [1.82, 2.24) is 25.9 Å². The van der Waals surface area contributed by atoms with Crippen LogP contribution in [0.1, 0.15) is 12.1 Å². The second-order valence-corrected chi connectivity index (χ2v) is 6.81. The molecule has 0 fully saturated rings. The van der Waals surface area contributed by atoms with Gasteiger partial charge in [0, 0.05) is 24.1 Å². The minimum atomic E-state index is -1.50. The average molecular weight is 459 g/mol. The molecule has 1 rings (SSSR count). The number of nitrogens with two attached hydrogens (primary N) is 2. The molecule has 0 aliphatic heterocycles. The van der Waals surface area contributed by atoms with E-state index in [0.717, 1.165) is 0 Å². The summed E-state index contributed by atoms with van der Waals surface area (Å²) >= 11 is 3.94. The van der Waals surface area contributed by atoms with E-state index in [0.29, 0.717) is 5.69 Å². The molecule has 0 radical (unpaired) electrons. The molecular formula is C16H25N7O7S. The van der Waals surface area contributed by atoms with Gasteiger partial charge in [-0.1, -0.05) is 0 Å². The van der Waals surface area contributed by atoms with Gasteiger partial charge in [0.2, 0.25) is 23.6 Å². The zero-order valence-corrected chi connectivity index (χ0v) is 17.2. The molecular weight excluding hydrogens is 434 g/mol. The first-order valence-electron chi connectivity index (χ1n) is 8.95. The number of primary amides is 1. The summed E-state index contributed by atoms with van der Waals surface area (Å²) in [5.74, 6) is -5.03. The van der Waals surface area contributed by atoms with Crippen molar-refractivity contribution in [2.45, 2.75) is 37.0 Å². The molecule has 0 saturated heterocycles. The fourth-order valence-electron chi connectivity index (χ4n) is 2.34. The second kappa shape index (κ2) is 12.5. The molecule has 1 aromatic heterocycles. The Bertz CT molecular complexity index is 789. The van der Waals surface area contributed by atoms with Crippen molar-refractivity contribution < 1.29 is 34.2 Å². The number of amides is 4. The molecule has 0 saturated carbocycles. The van der Waals surface area contributed by atoms with Gasteiger partial charge in [-0.25, -0.2) is 9.78 Å². The van der Waals surface area contributed by atoms with E-state index in [4.69, 9.17) is 11.5 Å². The molecule has 0 aromatic carbocycles. The van der Waals surface area contributed by atoms with Gasteiger partial charge in [0.15, 0.2) is 0 Å². The second-order valence-electron chi connectivity index (χ2n) is 6.44. The molecule has 10 N–H and O–H groups in total. The summed E-state index contributed by atoms with van der Waals surface area (Å²) in [7, 11) is 0. The number of hydrogen-bond donors (Lipinski definition) is 9. The first-order chi connectivity index (χ1) is 14.6. The number of carbonyl (C=O) groups excluding carboxylic acids is 4. The topological polar surface area (TPSA) is 243 Å². The lowest BCUT2D eigenvalue weighted by Gasteiger charge is -2.23. The number of carboxylic acids is 1. The Hall–Kier alpha value is -3.17. The summed E-state index contributed by atoms with van der Waals surface area (Å²) in [5, 5.41) is 25.4. The number of nitrogens with zero attached hydrogens (tertiary/aromatic N) is 1. The smallest absolute Gasteiger partial charge is 0.326 e. The molecule has 1 aromatic rings. The Labute approximate surface area is 181 Å². The SMILES string of the molecule is NC(=O)CC(N)C(=O)NC(CS)C(=O)NC(CO)C(=O)NC(Cc1cnc[nH]1)C(=O)O. The Kier molecular flexibility index (Phi) is 10.4. The van der Waals surface area contributed by atoms with Crippen LogP contribution in [0.3, 0.4) is 0 Å². The molecule has 0 spiro atoms. The third-order valence-electron chi connectivity index (χ3n) is 3.98. The van der Waals surface area contributed by atoms with E-state index in [1.165, 1.54) is 12.5 Å². The first kappa shape index (κ1) is 25.9. The Balaban J connectivity index is 2.73. The number of hydrogen-bond acceptors (Lipinski definition) is 9. The Morgan fingerprint density at radius 2 is 1.65 bits per heavy atom. The lowest BCUT2D eigenvalue weighted by atomic mass is 10.1. The molecule has 15 heteroatoms. The van der Waals surface area contributed by atoms with Crippen LogP contribution >= 0.6 is 12.6 Å². The van der Waals surface area contributed by atoms with Crippen LogP contribution in [0.4, 0.5) is 0 Å². The third-order valence-corrected chi connectivity index (χ3v) is 4.35. The maximum Gasteiger partial charge on any atom is 0.326 e. The van der Waals surface area contributed by atoms with Crippen molar-refractivity contribution in [2.24, 2.45) is 11.5 Å². The number of nitrogens with one attached hydrogen (secondary N) is 4. The molecule has 4 unspecified atom stereocenters. The fourth-order valence-corrected chi connectivity index (χ4v) is 2.59. The quantitative estimate of drug-likeness (QED) is 0.129. The van der Waals surface area contributed by atoms with Gasteiger partial charge < -0.3 is 42.6 Å². The van der Waals surface area contributed by atoms with E-state index in [1.807, 2.05) is 0 Å². The number of carbonyl (C=O) groups is 5. The number of aliphatic carboxylic acids is 1. The highest BCUT2D eigenvalue weighted by Crippen LogP contribution is 2.00. The number of H-pyrrole nitrogens is 1. The van der Waals surface area contributed by atoms with Gasteiger partial charge in [0.1, 0.15) is 18.1 Å². The van der Waals surface area contributed by atoms with E-state index in [1.54, 1.807) is 0 Å². The number of thiol groups is 1. The number of aromatic nitrogens is 2. The van der Waals surface area contributed by atoms with Crippen LogP contribution in [0.25, 0.3) is 0 Å². The van der Waals surface area contributed by atoms with E-state index >= 15 is 0 Å². The van der Waals surface area contributed by atoms with Crippen molar-refractivity contribution in [3.8, 4) is 0 Å². The minimum Gasteiger partial charge on any atom is -0.480 e. The average Bonchev–Trinajstić information content (AvgIpc) is 3.21. The summed E-state index contributed by atoms with van der Waals surface area (Å²) in [6, 6.07) is -5.40. The van der Waals surface area contributed by atoms with Gasteiger partial charge in [-0.15, -0.1) is 0 Å². The molecule has 172 valence electrons. The molecule has 0 bridgehead atoms. The van der Waals surface area contributed by atoms with Gasteiger partial charge in [0.05, 0.1) is 25.4 Å². The van der Waals surface area contributed by atoms with Gasteiger partial charge in [0.25, 0.3) is 0 Å². The lowest BCUT2D eigenvalue weighted by Crippen LogP contribution is -2.58. The zero-order chi connectivity index (χ0) is 23.6. The number of imidazole rings is 1. The molecule has 0 aliphatic rings. The van der Waals surface area contributed by atoms with Crippen LogP contribution in [0, 0.1) is 0 Å². The third kappa shape index (κ3) is 8.61. The van der Waals surface area contributed by atoms with Crippen LogP contribution in [0.2, 0.25) is 0 Å². The molecule has 4 atom stereocenters. The molecule has 4 amide bonds. The predicted octanol–water partition coefficient (Wildman–Crippen LogP) is -4.38. The summed E-state index contributed by atoms with van der Waals surface area (Å²) in [6.45, 7) is -0.845. The summed E-state index contributed by atoms with van der Waals surface area (Å²) in [6.07, 6.45) is 2.17. The van der Waals surface area contributed by atoms with Gasteiger partial charge in [-0.2, -0.15) is 12.6 Å². The summed E-state index contributed by atoms with van der Waals surface area (Å²) in [4.78, 5) is 65.4. The van der Waals surface area contributed by atoms with Crippen molar-refractivity contribution >= 4 is 42.2 Å². The normalized spacial score (nSPS) is 14.5. The minimum absolute atomic E-state index is 0.111. The van der Waals surface area contributed by atoms with Crippen molar-refractivity contribution in [3.05, 3.63) is 18.2 Å².